The molecular weight excluding hydrogens is 299 g/mol. The molecule has 1 aromatic rings. The second kappa shape index (κ2) is 6.06. The normalized spacial score (nSPS) is 21.0. The first-order chi connectivity index (χ1) is 10.3. The van der Waals surface area contributed by atoms with Gasteiger partial charge in [0.15, 0.2) is 0 Å². The van der Waals surface area contributed by atoms with Crippen LogP contribution < -0.4 is 9.64 Å². The summed E-state index contributed by atoms with van der Waals surface area (Å²) in [6, 6.07) is 4.98. The Kier molecular flexibility index (Phi) is 4.53. The minimum absolute atomic E-state index is 0.115. The molecule has 22 heavy (non-hydrogen) atoms. The number of carboxylic acids is 1. The third kappa shape index (κ3) is 3.13. The molecular formula is C15H18F3NO3. The first-order valence-corrected chi connectivity index (χ1v) is 7.12. The number of ether oxygens (including phenoxy) is 1. The average Bonchev–Trinajstić information content (AvgIpc) is 2.46. The topological polar surface area (TPSA) is 49.8 Å². The Morgan fingerprint density at radius 1 is 1.36 bits per heavy atom. The fraction of sp³-hybridized carbons (Fsp3) is 0.533. The van der Waals surface area contributed by atoms with Crippen molar-refractivity contribution in [1.82, 2.24) is 0 Å². The molecule has 1 heterocycles. The van der Waals surface area contributed by atoms with Gasteiger partial charge in [0.1, 0.15) is 11.7 Å². The zero-order valence-corrected chi connectivity index (χ0v) is 12.4. The summed E-state index contributed by atoms with van der Waals surface area (Å²) < 4.78 is 44.1. The van der Waals surface area contributed by atoms with Crippen molar-refractivity contribution >= 4 is 11.7 Å². The summed E-state index contributed by atoms with van der Waals surface area (Å²) in [5.74, 6) is -3.00. The minimum Gasteiger partial charge on any atom is -0.481 e. The number of carbonyl (C=O) groups is 1. The van der Waals surface area contributed by atoms with Crippen LogP contribution >= 0.6 is 0 Å². The van der Waals surface area contributed by atoms with Crippen molar-refractivity contribution in [2.45, 2.75) is 32.5 Å². The lowest BCUT2D eigenvalue weighted by Gasteiger charge is -2.33. The maximum absolute atomic E-state index is 13.0. The SMILES string of the molecule is CCN(CC)c1ccc2c(c1)O[C@H](C(F)(F)F)[C@H](C(=O)O)C2. The molecule has 4 nitrogen and oxygen atoms in total. The van der Waals surface area contributed by atoms with E-state index in [1.54, 1.807) is 18.2 Å². The van der Waals surface area contributed by atoms with Gasteiger partial charge in [-0.15, -0.1) is 0 Å². The Bertz CT molecular complexity index is 555. The van der Waals surface area contributed by atoms with Gasteiger partial charge in [-0.25, -0.2) is 0 Å². The third-order valence-electron chi connectivity index (χ3n) is 3.88. The Morgan fingerprint density at radius 2 is 2.00 bits per heavy atom. The van der Waals surface area contributed by atoms with Crippen LogP contribution in [0.25, 0.3) is 0 Å². The molecule has 0 fully saturated rings. The number of rotatable bonds is 4. The van der Waals surface area contributed by atoms with Gasteiger partial charge < -0.3 is 14.7 Å². The lowest BCUT2D eigenvalue weighted by molar-refractivity contribution is -0.217. The van der Waals surface area contributed by atoms with Crippen LogP contribution in [-0.2, 0) is 11.2 Å². The molecule has 0 spiro atoms. The second-order valence-electron chi connectivity index (χ2n) is 5.19. The molecule has 7 heteroatoms. The van der Waals surface area contributed by atoms with Gasteiger partial charge in [0.05, 0.1) is 0 Å². The van der Waals surface area contributed by atoms with E-state index in [9.17, 15) is 18.0 Å². The number of halogens is 3. The molecule has 1 N–H and O–H groups in total. The third-order valence-corrected chi connectivity index (χ3v) is 3.88. The summed E-state index contributed by atoms with van der Waals surface area (Å²) >= 11 is 0. The lowest BCUT2D eigenvalue weighted by atomic mass is 9.90. The van der Waals surface area contributed by atoms with E-state index in [1.807, 2.05) is 18.7 Å². The van der Waals surface area contributed by atoms with Crippen LogP contribution in [0.1, 0.15) is 19.4 Å². The van der Waals surface area contributed by atoms with Gasteiger partial charge in [0.2, 0.25) is 6.10 Å². The van der Waals surface area contributed by atoms with E-state index in [0.29, 0.717) is 5.56 Å². The molecule has 122 valence electrons. The van der Waals surface area contributed by atoms with E-state index >= 15 is 0 Å². The van der Waals surface area contributed by atoms with Crippen molar-refractivity contribution in [2.75, 3.05) is 18.0 Å². The Hall–Kier alpha value is -1.92. The number of anilines is 1. The molecule has 1 aliphatic rings. The zero-order chi connectivity index (χ0) is 16.5. The van der Waals surface area contributed by atoms with E-state index < -0.39 is 24.2 Å². The van der Waals surface area contributed by atoms with Gasteiger partial charge in [-0.05, 0) is 31.9 Å². The van der Waals surface area contributed by atoms with Gasteiger partial charge in [-0.1, -0.05) is 6.07 Å². The van der Waals surface area contributed by atoms with Crippen molar-refractivity contribution in [3.8, 4) is 5.75 Å². The number of nitrogens with zero attached hydrogens (tertiary/aromatic N) is 1. The van der Waals surface area contributed by atoms with E-state index in [4.69, 9.17) is 9.84 Å². The average molecular weight is 317 g/mol. The monoisotopic (exact) mass is 317 g/mol. The highest BCUT2D eigenvalue weighted by atomic mass is 19.4. The quantitative estimate of drug-likeness (QED) is 0.927. The van der Waals surface area contributed by atoms with Gasteiger partial charge in [-0.3, -0.25) is 4.79 Å². The molecule has 0 saturated carbocycles. The highest BCUT2D eigenvalue weighted by Gasteiger charge is 2.52. The fourth-order valence-corrected chi connectivity index (χ4v) is 2.68. The molecule has 2 rings (SSSR count). The van der Waals surface area contributed by atoms with Crippen LogP contribution in [0.5, 0.6) is 5.75 Å². The lowest BCUT2D eigenvalue weighted by Crippen LogP contribution is -2.47. The van der Waals surface area contributed by atoms with Gasteiger partial charge in [-0.2, -0.15) is 13.2 Å². The van der Waals surface area contributed by atoms with Gasteiger partial charge in [0.25, 0.3) is 0 Å². The molecule has 0 bridgehead atoms. The number of aliphatic carboxylic acids is 1. The molecule has 0 saturated heterocycles. The predicted molar refractivity (Wildman–Crippen MR) is 75.3 cm³/mol. The van der Waals surface area contributed by atoms with Crippen LogP contribution in [0.3, 0.4) is 0 Å². The van der Waals surface area contributed by atoms with E-state index in [-0.39, 0.29) is 12.2 Å². The Labute approximate surface area is 126 Å². The maximum Gasteiger partial charge on any atom is 0.426 e. The second-order valence-corrected chi connectivity index (χ2v) is 5.19. The van der Waals surface area contributed by atoms with Gasteiger partial charge in [0, 0.05) is 24.8 Å². The largest absolute Gasteiger partial charge is 0.481 e. The molecule has 0 radical (unpaired) electrons. The predicted octanol–water partition coefficient (Wildman–Crippen LogP) is 3.10. The summed E-state index contributed by atoms with van der Waals surface area (Å²) in [5.41, 5.74) is 1.25. The van der Waals surface area contributed by atoms with Crippen molar-refractivity contribution in [3.63, 3.8) is 0 Å². The molecule has 0 unspecified atom stereocenters. The molecule has 0 amide bonds. The number of alkyl halides is 3. The minimum atomic E-state index is -4.72. The van der Waals surface area contributed by atoms with Crippen LogP contribution in [0, 0.1) is 5.92 Å². The number of hydrogen-bond acceptors (Lipinski definition) is 3. The first kappa shape index (κ1) is 16.5. The van der Waals surface area contributed by atoms with Crippen LogP contribution in [-0.4, -0.2) is 36.4 Å². The van der Waals surface area contributed by atoms with E-state index in [2.05, 4.69) is 0 Å². The number of fused-ring (bicyclic) bond motifs is 1. The van der Waals surface area contributed by atoms with Crippen LogP contribution in [0.15, 0.2) is 18.2 Å². The zero-order valence-electron chi connectivity index (χ0n) is 12.4. The van der Waals surface area contributed by atoms with Crippen LogP contribution in [0.4, 0.5) is 18.9 Å². The van der Waals surface area contributed by atoms with E-state index in [0.717, 1.165) is 18.8 Å². The molecule has 1 aromatic carbocycles. The summed E-state index contributed by atoms with van der Waals surface area (Å²) in [6.07, 6.45) is -7.22. The maximum atomic E-state index is 13.0. The Balaban J connectivity index is 2.38. The fourth-order valence-electron chi connectivity index (χ4n) is 2.68. The van der Waals surface area contributed by atoms with Gasteiger partial charge >= 0.3 is 12.1 Å². The smallest absolute Gasteiger partial charge is 0.426 e. The first-order valence-electron chi connectivity index (χ1n) is 7.12. The summed E-state index contributed by atoms with van der Waals surface area (Å²) in [7, 11) is 0. The van der Waals surface area contributed by atoms with E-state index in [1.165, 1.54) is 0 Å². The molecule has 2 atom stereocenters. The summed E-state index contributed by atoms with van der Waals surface area (Å²) in [4.78, 5) is 13.1. The highest BCUT2D eigenvalue weighted by molar-refractivity contribution is 5.72. The van der Waals surface area contributed by atoms with Crippen molar-refractivity contribution in [3.05, 3.63) is 23.8 Å². The molecule has 1 aliphatic heterocycles. The highest BCUT2D eigenvalue weighted by Crippen LogP contribution is 2.40. The summed E-state index contributed by atoms with van der Waals surface area (Å²) in [5, 5.41) is 9.03. The van der Waals surface area contributed by atoms with Crippen molar-refractivity contribution in [2.24, 2.45) is 5.92 Å². The molecule has 0 aromatic heterocycles. The van der Waals surface area contributed by atoms with Crippen molar-refractivity contribution in [1.29, 1.82) is 0 Å². The van der Waals surface area contributed by atoms with Crippen molar-refractivity contribution < 1.29 is 27.8 Å². The number of benzene rings is 1. The Morgan fingerprint density at radius 3 is 2.50 bits per heavy atom. The molecule has 0 aliphatic carbocycles. The summed E-state index contributed by atoms with van der Waals surface area (Å²) in [6.45, 7) is 5.33. The number of carboxylic acid groups (broad SMARTS) is 1. The standard InChI is InChI=1S/C15H18F3NO3/c1-3-19(4-2)10-6-5-9-7-11(14(20)21)13(15(16,17)18)22-12(9)8-10/h5-6,8,11,13H,3-4,7H2,1-2H3,(H,20,21)/t11-,13+/m1/s1. The van der Waals surface area contributed by atoms with Crippen LogP contribution in [0.2, 0.25) is 0 Å². The number of hydrogen-bond donors (Lipinski definition) is 1.